The first-order valence-corrected chi connectivity index (χ1v) is 10.9. The monoisotopic (exact) mass is 390 g/mol. The average Bonchev–Trinajstić information content (AvgIpc) is 3.15. The molecule has 5 heteroatoms. The number of hydrogen-bond donors (Lipinski definition) is 1. The Bertz CT molecular complexity index is 878. The first kappa shape index (κ1) is 18.6. The molecule has 0 unspecified atom stereocenters. The number of nitrogens with one attached hydrogen (secondary N) is 1. The third-order valence-corrected chi connectivity index (χ3v) is 6.88. The summed E-state index contributed by atoms with van der Waals surface area (Å²) in [5.41, 5.74) is 5.50. The molecule has 5 rings (SSSR count). The number of piperidine rings is 1. The first-order valence-electron chi connectivity index (χ1n) is 10.9. The molecule has 3 heterocycles. The van der Waals surface area contributed by atoms with Gasteiger partial charge in [-0.25, -0.2) is 0 Å². The van der Waals surface area contributed by atoms with Gasteiger partial charge < -0.3 is 15.1 Å². The van der Waals surface area contributed by atoms with Gasteiger partial charge in [-0.15, -0.1) is 0 Å². The minimum absolute atomic E-state index is 0.0432. The topological polar surface area (TPSA) is 38.8 Å². The number of carbonyl (C=O) groups excluding carboxylic acids is 1. The summed E-state index contributed by atoms with van der Waals surface area (Å²) >= 11 is 0. The maximum Gasteiger partial charge on any atom is 0.251 e. The highest BCUT2D eigenvalue weighted by atomic mass is 16.1. The highest BCUT2D eigenvalue weighted by Crippen LogP contribution is 2.28. The van der Waals surface area contributed by atoms with E-state index in [0.717, 1.165) is 35.8 Å². The van der Waals surface area contributed by atoms with Gasteiger partial charge in [0.2, 0.25) is 0 Å². The summed E-state index contributed by atoms with van der Waals surface area (Å²) in [5, 5.41) is 2.89. The third-order valence-electron chi connectivity index (χ3n) is 6.88. The van der Waals surface area contributed by atoms with Crippen molar-refractivity contribution in [3.63, 3.8) is 0 Å². The Labute approximate surface area is 173 Å². The number of likely N-dealkylation sites (N-methyl/N-ethyl adjacent to an activating group) is 1. The van der Waals surface area contributed by atoms with E-state index in [9.17, 15) is 4.79 Å². The molecule has 3 aliphatic heterocycles. The molecule has 2 fully saturated rings. The number of amides is 1. The smallest absolute Gasteiger partial charge is 0.251 e. The van der Waals surface area contributed by atoms with Crippen molar-refractivity contribution in [3.8, 4) is 11.1 Å². The van der Waals surface area contributed by atoms with Crippen molar-refractivity contribution in [2.24, 2.45) is 0 Å². The van der Waals surface area contributed by atoms with E-state index in [2.05, 4.69) is 63.5 Å². The Morgan fingerprint density at radius 3 is 2.28 bits per heavy atom. The SMILES string of the molecule is CN1CCN(C2CCN(c3ccc(-c4ccc5c(c4)C(=O)NC5)cc3)CC2)CC1. The zero-order chi connectivity index (χ0) is 19.8. The number of hydrogen-bond acceptors (Lipinski definition) is 4. The predicted octanol–water partition coefficient (Wildman–Crippen LogP) is 2.81. The van der Waals surface area contributed by atoms with Crippen LogP contribution in [0.15, 0.2) is 42.5 Å². The van der Waals surface area contributed by atoms with Crippen molar-refractivity contribution in [2.75, 3.05) is 51.2 Å². The average molecular weight is 391 g/mol. The first-order chi connectivity index (χ1) is 14.2. The standard InChI is InChI=1S/C24H30N4O/c1-26-12-14-28(15-13-26)22-8-10-27(11-9-22)21-6-4-18(5-7-21)19-2-3-20-17-25-24(29)23(20)16-19/h2-7,16,22H,8-15,17H2,1H3,(H,25,29). The van der Waals surface area contributed by atoms with Crippen LogP contribution >= 0.6 is 0 Å². The van der Waals surface area contributed by atoms with Gasteiger partial charge in [0.25, 0.3) is 5.91 Å². The zero-order valence-electron chi connectivity index (χ0n) is 17.2. The second-order valence-electron chi connectivity index (χ2n) is 8.66. The van der Waals surface area contributed by atoms with E-state index in [1.54, 1.807) is 0 Å². The van der Waals surface area contributed by atoms with E-state index in [1.165, 1.54) is 50.3 Å². The van der Waals surface area contributed by atoms with E-state index in [0.29, 0.717) is 6.54 Å². The van der Waals surface area contributed by atoms with E-state index >= 15 is 0 Å². The normalized spacial score (nSPS) is 21.3. The molecule has 0 spiro atoms. The van der Waals surface area contributed by atoms with Crippen molar-refractivity contribution in [1.29, 1.82) is 0 Å². The number of carbonyl (C=O) groups is 1. The van der Waals surface area contributed by atoms with Gasteiger partial charge in [-0.05, 0) is 54.8 Å². The van der Waals surface area contributed by atoms with Gasteiger partial charge in [0.1, 0.15) is 0 Å². The van der Waals surface area contributed by atoms with Crippen molar-refractivity contribution in [3.05, 3.63) is 53.6 Å². The van der Waals surface area contributed by atoms with Crippen LogP contribution in [0.1, 0.15) is 28.8 Å². The number of benzene rings is 2. The number of anilines is 1. The number of fused-ring (bicyclic) bond motifs is 1. The number of nitrogens with zero attached hydrogens (tertiary/aromatic N) is 3. The summed E-state index contributed by atoms with van der Waals surface area (Å²) in [5.74, 6) is 0.0432. The van der Waals surface area contributed by atoms with Crippen molar-refractivity contribution >= 4 is 11.6 Å². The maximum absolute atomic E-state index is 11.9. The Morgan fingerprint density at radius 1 is 0.862 bits per heavy atom. The largest absolute Gasteiger partial charge is 0.371 e. The van der Waals surface area contributed by atoms with Gasteiger partial charge in [0, 0.05) is 63.1 Å². The van der Waals surface area contributed by atoms with Gasteiger partial charge in [0.15, 0.2) is 0 Å². The summed E-state index contributed by atoms with van der Waals surface area (Å²) in [6, 6.07) is 15.8. The molecule has 0 saturated carbocycles. The van der Waals surface area contributed by atoms with E-state index in [-0.39, 0.29) is 5.91 Å². The molecule has 0 radical (unpaired) electrons. The number of piperazine rings is 1. The second-order valence-corrected chi connectivity index (χ2v) is 8.66. The van der Waals surface area contributed by atoms with Crippen molar-refractivity contribution < 1.29 is 4.79 Å². The van der Waals surface area contributed by atoms with Crippen molar-refractivity contribution in [1.82, 2.24) is 15.1 Å². The molecule has 3 aliphatic rings. The molecule has 29 heavy (non-hydrogen) atoms. The van der Waals surface area contributed by atoms with Crippen molar-refractivity contribution in [2.45, 2.75) is 25.4 Å². The predicted molar refractivity (Wildman–Crippen MR) is 117 cm³/mol. The molecule has 2 saturated heterocycles. The minimum atomic E-state index is 0.0432. The Kier molecular flexibility index (Phi) is 5.02. The fraction of sp³-hybridized carbons (Fsp3) is 0.458. The Hall–Kier alpha value is -2.37. The van der Waals surface area contributed by atoms with Crippen LogP contribution in [0.4, 0.5) is 5.69 Å². The summed E-state index contributed by atoms with van der Waals surface area (Å²) < 4.78 is 0. The molecule has 0 aromatic heterocycles. The lowest BCUT2D eigenvalue weighted by atomic mass is 9.99. The molecule has 1 amide bonds. The molecule has 152 valence electrons. The van der Waals surface area contributed by atoms with E-state index in [4.69, 9.17) is 0 Å². The van der Waals surface area contributed by atoms with Crippen LogP contribution < -0.4 is 10.2 Å². The van der Waals surface area contributed by atoms with Crippen LogP contribution in [0.25, 0.3) is 11.1 Å². The quantitative estimate of drug-likeness (QED) is 0.875. The van der Waals surface area contributed by atoms with Crippen LogP contribution in [-0.2, 0) is 6.54 Å². The van der Waals surface area contributed by atoms with Gasteiger partial charge in [-0.3, -0.25) is 9.69 Å². The molecule has 5 nitrogen and oxygen atoms in total. The lowest BCUT2D eigenvalue weighted by Crippen LogP contribution is -2.52. The number of rotatable bonds is 3. The van der Waals surface area contributed by atoms with Crippen LogP contribution in [-0.4, -0.2) is 68.1 Å². The summed E-state index contributed by atoms with van der Waals surface area (Å²) in [7, 11) is 2.22. The van der Waals surface area contributed by atoms with Gasteiger partial charge >= 0.3 is 0 Å². The second kappa shape index (κ2) is 7.81. The van der Waals surface area contributed by atoms with Crippen LogP contribution in [0, 0.1) is 0 Å². The van der Waals surface area contributed by atoms with Gasteiger partial charge in [-0.1, -0.05) is 24.3 Å². The maximum atomic E-state index is 11.9. The molecule has 0 aliphatic carbocycles. The molecule has 2 aromatic rings. The molecule has 2 aromatic carbocycles. The van der Waals surface area contributed by atoms with Gasteiger partial charge in [-0.2, -0.15) is 0 Å². The minimum Gasteiger partial charge on any atom is -0.371 e. The molecular formula is C24H30N4O. The molecule has 0 bridgehead atoms. The van der Waals surface area contributed by atoms with Crippen LogP contribution in [0.3, 0.4) is 0 Å². The van der Waals surface area contributed by atoms with E-state index < -0.39 is 0 Å². The summed E-state index contributed by atoms with van der Waals surface area (Å²) in [4.78, 5) is 19.6. The molecular weight excluding hydrogens is 360 g/mol. The lowest BCUT2D eigenvalue weighted by molar-refractivity contribution is 0.0965. The fourth-order valence-electron chi connectivity index (χ4n) is 4.93. The Balaban J connectivity index is 1.22. The highest BCUT2D eigenvalue weighted by molar-refractivity contribution is 5.99. The lowest BCUT2D eigenvalue weighted by Gasteiger charge is -2.42. The van der Waals surface area contributed by atoms with Crippen LogP contribution in [0.2, 0.25) is 0 Å². The Morgan fingerprint density at radius 2 is 1.55 bits per heavy atom. The van der Waals surface area contributed by atoms with Gasteiger partial charge in [0.05, 0.1) is 0 Å². The van der Waals surface area contributed by atoms with E-state index in [1.807, 2.05) is 6.07 Å². The van der Waals surface area contributed by atoms with Crippen LogP contribution in [0.5, 0.6) is 0 Å². The molecule has 0 atom stereocenters. The summed E-state index contributed by atoms with van der Waals surface area (Å²) in [6.07, 6.45) is 2.51. The highest BCUT2D eigenvalue weighted by Gasteiger charge is 2.26. The zero-order valence-corrected chi connectivity index (χ0v) is 17.2. The molecule has 1 N–H and O–H groups in total. The third kappa shape index (κ3) is 3.77. The fourth-order valence-corrected chi connectivity index (χ4v) is 4.93. The summed E-state index contributed by atoms with van der Waals surface area (Å²) in [6.45, 7) is 7.75.